The lowest BCUT2D eigenvalue weighted by atomic mass is 10.1. The number of rotatable bonds is 6. The number of anilines is 1. The number of benzene rings is 3. The summed E-state index contributed by atoms with van der Waals surface area (Å²) in [7, 11) is 1.53. The lowest BCUT2D eigenvalue weighted by molar-refractivity contribution is -0.390. The van der Waals surface area contributed by atoms with E-state index in [-0.39, 0.29) is 35.5 Å². The van der Waals surface area contributed by atoms with Gasteiger partial charge in [0.05, 0.1) is 14.8 Å². The zero-order chi connectivity index (χ0) is 30.0. The summed E-state index contributed by atoms with van der Waals surface area (Å²) in [5.41, 5.74) is -1.33. The number of nitro groups is 3. The molecule has 0 spiro atoms. The van der Waals surface area contributed by atoms with E-state index in [1.807, 2.05) is 0 Å². The van der Waals surface area contributed by atoms with E-state index in [9.17, 15) is 56.7 Å². The number of aryl methyl sites for hydroxylation is 2. The molecule has 0 unspecified atom stereocenters. The smallest absolute Gasteiger partial charge is 0.340 e. The van der Waals surface area contributed by atoms with E-state index in [0.29, 0.717) is 18.1 Å². The number of halogens is 6. The van der Waals surface area contributed by atoms with Crippen LogP contribution in [0.15, 0.2) is 36.4 Å². The number of nitro benzene ring substituents is 3. The molecule has 0 bridgehead atoms. The maximum absolute atomic E-state index is 13.0. The summed E-state index contributed by atoms with van der Waals surface area (Å²) in [6.07, 6.45) is 0.660. The average Bonchev–Trinajstić information content (AvgIpc) is 2.82. The van der Waals surface area contributed by atoms with Crippen LogP contribution >= 0.6 is 0 Å². The predicted molar refractivity (Wildman–Crippen MR) is 127 cm³/mol. The molecule has 0 aliphatic rings. The summed E-state index contributed by atoms with van der Waals surface area (Å²) in [6, 6.07) is 4.30. The maximum Gasteiger partial charge on any atom is 0.340 e. The van der Waals surface area contributed by atoms with Crippen molar-refractivity contribution in [1.29, 1.82) is 0 Å². The first-order chi connectivity index (χ1) is 18.2. The second-order valence-electron chi connectivity index (χ2n) is 7.30. The van der Waals surface area contributed by atoms with E-state index in [1.165, 1.54) is 13.1 Å². The third kappa shape index (κ3) is 8.65. The third-order valence-electron chi connectivity index (χ3n) is 4.82. The Balaban J connectivity index is 0.000000293. The van der Waals surface area contributed by atoms with Crippen LogP contribution in [0.2, 0.25) is 0 Å². The minimum Gasteiger partial charge on any atom is -0.382 e. The molecule has 0 saturated heterocycles. The molecule has 0 aliphatic heterocycles. The Morgan fingerprint density at radius 1 is 0.590 bits per heavy atom. The van der Waals surface area contributed by atoms with Crippen LogP contribution in [0.25, 0.3) is 0 Å². The highest BCUT2D eigenvalue weighted by atomic mass is 19.2. The summed E-state index contributed by atoms with van der Waals surface area (Å²) in [5.74, 6) is -6.59. The van der Waals surface area contributed by atoms with Gasteiger partial charge in [0, 0.05) is 42.4 Å². The van der Waals surface area contributed by atoms with Crippen molar-refractivity contribution in [1.82, 2.24) is 0 Å². The molecule has 0 saturated carbocycles. The largest absolute Gasteiger partial charge is 0.382 e. The summed E-state index contributed by atoms with van der Waals surface area (Å²) >= 11 is 0. The molecule has 39 heavy (non-hydrogen) atoms. The fourth-order valence-corrected chi connectivity index (χ4v) is 3.13. The minimum absolute atomic E-state index is 0.0450. The van der Waals surface area contributed by atoms with Gasteiger partial charge in [-0.3, -0.25) is 30.3 Å². The van der Waals surface area contributed by atoms with E-state index in [0.717, 1.165) is 12.1 Å². The van der Waals surface area contributed by atoms with Crippen LogP contribution < -0.4 is 5.32 Å². The van der Waals surface area contributed by atoms with Gasteiger partial charge in [-0.25, -0.2) is 13.2 Å². The molecule has 3 aromatic carbocycles. The SMILES string of the molecule is CCc1cc(F)cc(F)c1[N+](=O)[O-].CCc1cc(F)cc(NC)c1[N+](=O)[O-].O=[N+]([O-])c1c(F)cc(F)cc1F. The average molecular weight is 562 g/mol. The normalized spacial score (nSPS) is 9.97. The molecule has 0 fully saturated rings. The lowest BCUT2D eigenvalue weighted by Gasteiger charge is -2.06. The third-order valence-corrected chi connectivity index (χ3v) is 4.82. The number of nitrogens with one attached hydrogen (secondary N) is 1. The Kier molecular flexibility index (Phi) is 11.8. The molecule has 10 nitrogen and oxygen atoms in total. The second kappa shape index (κ2) is 14.3. The Hall–Kier alpha value is -4.76. The monoisotopic (exact) mass is 562 g/mol. The molecular formula is C23H20F6N4O6. The van der Waals surface area contributed by atoms with E-state index in [2.05, 4.69) is 5.32 Å². The van der Waals surface area contributed by atoms with Crippen molar-refractivity contribution >= 4 is 22.7 Å². The fraction of sp³-hybridized carbons (Fsp3) is 0.217. The van der Waals surface area contributed by atoms with Crippen molar-refractivity contribution in [3.8, 4) is 0 Å². The van der Waals surface area contributed by atoms with Crippen LogP contribution in [0.1, 0.15) is 25.0 Å². The number of hydrogen-bond donors (Lipinski definition) is 1. The second-order valence-corrected chi connectivity index (χ2v) is 7.30. The van der Waals surface area contributed by atoms with Crippen LogP contribution in [0.5, 0.6) is 0 Å². The fourth-order valence-electron chi connectivity index (χ4n) is 3.13. The van der Waals surface area contributed by atoms with Crippen LogP contribution in [0, 0.1) is 65.2 Å². The van der Waals surface area contributed by atoms with Gasteiger partial charge < -0.3 is 5.32 Å². The quantitative estimate of drug-likeness (QED) is 0.198. The van der Waals surface area contributed by atoms with Crippen LogP contribution in [-0.4, -0.2) is 21.8 Å². The molecule has 16 heteroatoms. The summed E-state index contributed by atoms with van der Waals surface area (Å²) in [5, 5.41) is 33.6. The zero-order valence-electron chi connectivity index (χ0n) is 20.4. The van der Waals surface area contributed by atoms with Crippen molar-refractivity contribution < 1.29 is 41.1 Å². The lowest BCUT2D eigenvalue weighted by Crippen LogP contribution is -2.01. The summed E-state index contributed by atoms with van der Waals surface area (Å²) < 4.78 is 75.5. The highest BCUT2D eigenvalue weighted by Gasteiger charge is 2.22. The minimum atomic E-state index is -1.52. The van der Waals surface area contributed by atoms with Crippen LogP contribution in [0.4, 0.5) is 49.1 Å². The van der Waals surface area contributed by atoms with Gasteiger partial charge in [0.1, 0.15) is 23.1 Å². The van der Waals surface area contributed by atoms with Gasteiger partial charge in [0.15, 0.2) is 0 Å². The molecule has 0 amide bonds. The van der Waals surface area contributed by atoms with Gasteiger partial charge in [0.2, 0.25) is 17.5 Å². The molecule has 0 heterocycles. The van der Waals surface area contributed by atoms with Gasteiger partial charge in [0.25, 0.3) is 5.69 Å². The van der Waals surface area contributed by atoms with Crippen molar-refractivity contribution in [2.24, 2.45) is 0 Å². The van der Waals surface area contributed by atoms with Gasteiger partial charge in [-0.2, -0.15) is 13.2 Å². The number of nitrogens with zero attached hydrogens (tertiary/aromatic N) is 3. The Morgan fingerprint density at radius 3 is 1.28 bits per heavy atom. The molecule has 3 aromatic rings. The van der Waals surface area contributed by atoms with Gasteiger partial charge in [-0.1, -0.05) is 13.8 Å². The Bertz CT molecular complexity index is 1340. The molecule has 210 valence electrons. The number of hydrogen-bond acceptors (Lipinski definition) is 7. The topological polar surface area (TPSA) is 141 Å². The molecule has 0 radical (unpaired) electrons. The van der Waals surface area contributed by atoms with Crippen molar-refractivity contribution in [3.05, 3.63) is 113 Å². The van der Waals surface area contributed by atoms with Crippen molar-refractivity contribution in [2.75, 3.05) is 12.4 Å². The summed E-state index contributed by atoms with van der Waals surface area (Å²) in [6.45, 7) is 3.35. The standard InChI is InChI=1S/C9H11FN2O2.C8H7F2NO2.C6H2F3NO2/c1-3-6-4-7(10)5-8(11-2)9(6)12(13)14;1-2-5-3-6(9)4-7(10)8(5)11(12)13;7-3-1-4(8)6(10(11)12)5(9)2-3/h4-5,11H,3H2,1-2H3;3-4H,2H2,1H3;1-2H. The van der Waals surface area contributed by atoms with Crippen molar-refractivity contribution in [3.63, 3.8) is 0 Å². The first kappa shape index (κ1) is 32.3. The van der Waals surface area contributed by atoms with Gasteiger partial charge >= 0.3 is 11.4 Å². The highest BCUT2D eigenvalue weighted by molar-refractivity contribution is 5.65. The van der Waals surface area contributed by atoms with Gasteiger partial charge in [-0.05, 0) is 25.0 Å². The molecule has 3 rings (SSSR count). The van der Waals surface area contributed by atoms with Gasteiger partial charge in [-0.15, -0.1) is 0 Å². The van der Waals surface area contributed by atoms with E-state index in [1.54, 1.807) is 13.8 Å². The molecule has 0 aliphatic carbocycles. The predicted octanol–water partition coefficient (Wildman–Crippen LogP) is 6.79. The van der Waals surface area contributed by atoms with Crippen LogP contribution in [0.3, 0.4) is 0 Å². The zero-order valence-corrected chi connectivity index (χ0v) is 20.4. The Morgan fingerprint density at radius 2 is 0.923 bits per heavy atom. The molecular weight excluding hydrogens is 542 g/mol. The summed E-state index contributed by atoms with van der Waals surface area (Å²) in [4.78, 5) is 28.4. The van der Waals surface area contributed by atoms with Crippen LogP contribution in [-0.2, 0) is 12.8 Å². The molecule has 0 atom stereocenters. The maximum atomic E-state index is 13.0. The molecule has 0 aromatic heterocycles. The first-order valence-corrected chi connectivity index (χ1v) is 10.7. The Labute approximate surface area is 216 Å². The first-order valence-electron chi connectivity index (χ1n) is 10.7. The van der Waals surface area contributed by atoms with E-state index in [4.69, 9.17) is 0 Å². The molecule has 1 N–H and O–H groups in total. The van der Waals surface area contributed by atoms with Crippen molar-refractivity contribution in [2.45, 2.75) is 26.7 Å². The van der Waals surface area contributed by atoms with E-state index >= 15 is 0 Å². The van der Waals surface area contributed by atoms with E-state index < -0.39 is 61.0 Å². The highest BCUT2D eigenvalue weighted by Crippen LogP contribution is 2.30.